The standard InChI is InChI=1S/C27H30N6O2/c1-17(2)22-13-20(7-10-29-22)24-16-31-27(28)26(32-24)25-14-23(33-35-25)19-5-3-18(4-6-19)15-30-21-8-11-34-12-9-21/h3-7,10,13-14,16-17,21,30H,8-9,11-12,15H2,1-2H3,(H2,28,31). The summed E-state index contributed by atoms with van der Waals surface area (Å²) in [6, 6.07) is 14.6. The molecule has 4 aromatic rings. The molecule has 0 bridgehead atoms. The highest BCUT2D eigenvalue weighted by Crippen LogP contribution is 2.30. The second kappa shape index (κ2) is 10.3. The summed E-state index contributed by atoms with van der Waals surface area (Å²) < 4.78 is 11.1. The summed E-state index contributed by atoms with van der Waals surface area (Å²) in [6.45, 7) is 6.73. The molecule has 1 aromatic carbocycles. The lowest BCUT2D eigenvalue weighted by atomic mass is 10.1. The fourth-order valence-corrected chi connectivity index (χ4v) is 4.12. The van der Waals surface area contributed by atoms with Gasteiger partial charge in [0.15, 0.2) is 17.3 Å². The third-order valence-electron chi connectivity index (χ3n) is 6.28. The minimum atomic E-state index is 0.295. The molecule has 1 aliphatic heterocycles. The number of nitrogen functional groups attached to an aromatic ring is 1. The number of hydrogen-bond acceptors (Lipinski definition) is 8. The van der Waals surface area contributed by atoms with Gasteiger partial charge in [0.25, 0.3) is 0 Å². The first-order valence-electron chi connectivity index (χ1n) is 12.0. The van der Waals surface area contributed by atoms with Crippen molar-refractivity contribution in [1.29, 1.82) is 0 Å². The molecule has 0 radical (unpaired) electrons. The van der Waals surface area contributed by atoms with Gasteiger partial charge in [0.1, 0.15) is 5.69 Å². The van der Waals surface area contributed by atoms with E-state index in [2.05, 4.69) is 58.6 Å². The number of nitrogens with zero attached hydrogens (tertiary/aromatic N) is 4. The van der Waals surface area contributed by atoms with Gasteiger partial charge in [0.2, 0.25) is 0 Å². The summed E-state index contributed by atoms with van der Waals surface area (Å²) >= 11 is 0. The predicted octanol–water partition coefficient (Wildman–Crippen LogP) is 4.83. The van der Waals surface area contributed by atoms with Crippen molar-refractivity contribution < 1.29 is 9.26 Å². The number of nitrogens with one attached hydrogen (secondary N) is 1. The van der Waals surface area contributed by atoms with Gasteiger partial charge in [-0.05, 0) is 36.5 Å². The number of anilines is 1. The summed E-state index contributed by atoms with van der Waals surface area (Å²) in [5, 5.41) is 7.86. The van der Waals surface area contributed by atoms with Crippen molar-refractivity contribution in [1.82, 2.24) is 25.4 Å². The van der Waals surface area contributed by atoms with E-state index < -0.39 is 0 Å². The number of ether oxygens (including phenoxy) is 1. The van der Waals surface area contributed by atoms with Crippen LogP contribution in [-0.4, -0.2) is 39.4 Å². The van der Waals surface area contributed by atoms with Crippen LogP contribution < -0.4 is 11.1 Å². The van der Waals surface area contributed by atoms with Gasteiger partial charge >= 0.3 is 0 Å². The molecule has 8 heteroatoms. The molecule has 4 heterocycles. The molecular weight excluding hydrogens is 440 g/mol. The van der Waals surface area contributed by atoms with Gasteiger partial charge in [-0.2, -0.15) is 0 Å². The fourth-order valence-electron chi connectivity index (χ4n) is 4.12. The summed E-state index contributed by atoms with van der Waals surface area (Å²) in [5.41, 5.74) is 12.2. The third kappa shape index (κ3) is 5.39. The molecule has 1 aliphatic rings. The van der Waals surface area contributed by atoms with E-state index in [1.807, 2.05) is 18.2 Å². The quantitative estimate of drug-likeness (QED) is 0.395. The molecule has 0 amide bonds. The van der Waals surface area contributed by atoms with Crippen LogP contribution in [0.3, 0.4) is 0 Å². The Morgan fingerprint density at radius 2 is 1.80 bits per heavy atom. The van der Waals surface area contributed by atoms with Crippen LogP contribution in [0.5, 0.6) is 0 Å². The molecule has 0 atom stereocenters. The van der Waals surface area contributed by atoms with Crippen LogP contribution in [0, 0.1) is 0 Å². The molecule has 8 nitrogen and oxygen atoms in total. The average Bonchev–Trinajstić information content (AvgIpc) is 3.39. The Kier molecular flexibility index (Phi) is 6.83. The number of aromatic nitrogens is 4. The highest BCUT2D eigenvalue weighted by Gasteiger charge is 2.16. The number of benzene rings is 1. The summed E-state index contributed by atoms with van der Waals surface area (Å²) in [5.74, 6) is 1.09. The van der Waals surface area contributed by atoms with Crippen molar-refractivity contribution in [3.8, 4) is 34.0 Å². The largest absolute Gasteiger partial charge is 0.382 e. The van der Waals surface area contributed by atoms with E-state index >= 15 is 0 Å². The number of rotatable bonds is 7. The Bertz CT molecular complexity index is 1280. The van der Waals surface area contributed by atoms with Crippen molar-refractivity contribution in [3.05, 3.63) is 66.1 Å². The van der Waals surface area contributed by atoms with E-state index in [9.17, 15) is 0 Å². The van der Waals surface area contributed by atoms with Crippen LogP contribution >= 0.6 is 0 Å². The summed E-state index contributed by atoms with van der Waals surface area (Å²) in [4.78, 5) is 13.5. The van der Waals surface area contributed by atoms with Gasteiger partial charge in [-0.25, -0.2) is 9.97 Å². The van der Waals surface area contributed by atoms with Gasteiger partial charge in [-0.3, -0.25) is 4.98 Å². The van der Waals surface area contributed by atoms with Gasteiger partial charge in [-0.15, -0.1) is 0 Å². The predicted molar refractivity (Wildman–Crippen MR) is 135 cm³/mol. The van der Waals surface area contributed by atoms with Crippen molar-refractivity contribution >= 4 is 5.82 Å². The monoisotopic (exact) mass is 470 g/mol. The van der Waals surface area contributed by atoms with Crippen LogP contribution in [0.1, 0.15) is 43.9 Å². The first kappa shape index (κ1) is 23.1. The maximum absolute atomic E-state index is 6.15. The second-order valence-electron chi connectivity index (χ2n) is 9.15. The number of hydrogen-bond donors (Lipinski definition) is 2. The molecule has 0 saturated carbocycles. The zero-order valence-corrected chi connectivity index (χ0v) is 20.1. The van der Waals surface area contributed by atoms with E-state index in [4.69, 9.17) is 20.0 Å². The van der Waals surface area contributed by atoms with Crippen molar-refractivity contribution in [2.75, 3.05) is 18.9 Å². The maximum atomic E-state index is 6.15. The Morgan fingerprint density at radius 1 is 1.00 bits per heavy atom. The van der Waals surface area contributed by atoms with Crippen molar-refractivity contribution in [3.63, 3.8) is 0 Å². The topological polar surface area (TPSA) is 112 Å². The average molecular weight is 471 g/mol. The van der Waals surface area contributed by atoms with E-state index in [0.29, 0.717) is 34.9 Å². The molecule has 35 heavy (non-hydrogen) atoms. The van der Waals surface area contributed by atoms with Crippen LogP contribution in [0.4, 0.5) is 5.82 Å². The molecular formula is C27H30N6O2. The fraction of sp³-hybridized carbons (Fsp3) is 0.333. The highest BCUT2D eigenvalue weighted by atomic mass is 16.5. The second-order valence-corrected chi connectivity index (χ2v) is 9.15. The summed E-state index contributed by atoms with van der Waals surface area (Å²) in [7, 11) is 0. The van der Waals surface area contributed by atoms with E-state index in [1.165, 1.54) is 5.56 Å². The van der Waals surface area contributed by atoms with Crippen LogP contribution in [0.2, 0.25) is 0 Å². The molecule has 1 saturated heterocycles. The van der Waals surface area contributed by atoms with Gasteiger partial charge in [0.05, 0.1) is 11.9 Å². The minimum absolute atomic E-state index is 0.295. The Balaban J connectivity index is 1.33. The minimum Gasteiger partial charge on any atom is -0.382 e. The third-order valence-corrected chi connectivity index (χ3v) is 6.28. The first-order valence-corrected chi connectivity index (χ1v) is 12.0. The zero-order valence-electron chi connectivity index (χ0n) is 20.1. The van der Waals surface area contributed by atoms with Gasteiger partial charge in [0, 0.05) is 54.9 Å². The maximum Gasteiger partial charge on any atom is 0.189 e. The molecule has 0 spiro atoms. The SMILES string of the molecule is CC(C)c1cc(-c2cnc(N)c(-c3cc(-c4ccc(CNC5CCOCC5)cc4)no3)n2)ccn1. The number of nitrogens with two attached hydrogens (primary N) is 1. The lowest BCUT2D eigenvalue weighted by Gasteiger charge is -2.23. The van der Waals surface area contributed by atoms with Gasteiger partial charge in [-0.1, -0.05) is 43.3 Å². The molecule has 0 unspecified atom stereocenters. The highest BCUT2D eigenvalue weighted by molar-refractivity contribution is 5.73. The molecule has 5 rings (SSSR count). The lowest BCUT2D eigenvalue weighted by Crippen LogP contribution is -2.34. The van der Waals surface area contributed by atoms with Crippen molar-refractivity contribution in [2.24, 2.45) is 0 Å². The Hall–Kier alpha value is -3.62. The molecule has 180 valence electrons. The van der Waals surface area contributed by atoms with Crippen LogP contribution in [-0.2, 0) is 11.3 Å². The molecule has 0 aliphatic carbocycles. The van der Waals surface area contributed by atoms with Crippen LogP contribution in [0.15, 0.2) is 59.4 Å². The van der Waals surface area contributed by atoms with E-state index in [0.717, 1.165) is 55.1 Å². The zero-order chi connectivity index (χ0) is 24.2. The Morgan fingerprint density at radius 3 is 2.57 bits per heavy atom. The first-order chi connectivity index (χ1) is 17.1. The van der Waals surface area contributed by atoms with Crippen LogP contribution in [0.25, 0.3) is 34.0 Å². The molecule has 3 aromatic heterocycles. The van der Waals surface area contributed by atoms with Gasteiger partial charge < -0.3 is 20.3 Å². The van der Waals surface area contributed by atoms with Crippen molar-refractivity contribution in [2.45, 2.75) is 45.2 Å². The smallest absolute Gasteiger partial charge is 0.189 e. The normalized spacial score (nSPS) is 14.5. The number of pyridine rings is 1. The van der Waals surface area contributed by atoms with E-state index in [-0.39, 0.29) is 0 Å². The van der Waals surface area contributed by atoms with E-state index in [1.54, 1.807) is 12.4 Å². The molecule has 3 N–H and O–H groups in total. The summed E-state index contributed by atoms with van der Waals surface area (Å²) in [6.07, 6.45) is 5.58. The lowest BCUT2D eigenvalue weighted by molar-refractivity contribution is 0.0776. The molecule has 1 fully saturated rings. The Labute approximate surface area is 205 Å².